The topological polar surface area (TPSA) is 80.1 Å². The molecule has 1 saturated heterocycles. The van der Waals surface area contributed by atoms with Crippen LogP contribution in [0.3, 0.4) is 0 Å². The number of amides is 2. The van der Waals surface area contributed by atoms with Gasteiger partial charge in [-0.2, -0.15) is 5.10 Å². The molecule has 7 nitrogen and oxygen atoms in total. The van der Waals surface area contributed by atoms with E-state index >= 15 is 0 Å². The SMILES string of the molecule is Cc1cc(N2CCC3(CCC3)C2=O)cc(C(=O)NCc2cc(F)cc(-c3cnn(C)c3)c2)n1. The Morgan fingerprint density at radius 1 is 1.15 bits per heavy atom. The Labute approximate surface area is 191 Å². The maximum absolute atomic E-state index is 14.2. The first-order chi connectivity index (χ1) is 15.8. The molecular formula is C25H26FN5O2. The first kappa shape index (κ1) is 21.3. The highest BCUT2D eigenvalue weighted by atomic mass is 19.1. The molecule has 0 unspecified atom stereocenters. The molecule has 1 aromatic carbocycles. The Morgan fingerprint density at radius 2 is 1.97 bits per heavy atom. The van der Waals surface area contributed by atoms with E-state index in [9.17, 15) is 14.0 Å². The minimum atomic E-state index is -0.381. The number of aryl methyl sites for hydroxylation is 2. The van der Waals surface area contributed by atoms with Crippen LogP contribution < -0.4 is 10.2 Å². The van der Waals surface area contributed by atoms with Gasteiger partial charge in [-0.25, -0.2) is 9.37 Å². The zero-order valence-electron chi connectivity index (χ0n) is 18.8. The van der Waals surface area contributed by atoms with Crippen molar-refractivity contribution in [2.45, 2.75) is 39.2 Å². The van der Waals surface area contributed by atoms with Crippen LogP contribution in [0.2, 0.25) is 0 Å². The molecule has 8 heteroatoms. The number of anilines is 1. The largest absolute Gasteiger partial charge is 0.347 e. The molecule has 3 heterocycles. The Kier molecular flexibility index (Phi) is 5.23. The van der Waals surface area contributed by atoms with Crippen LogP contribution in [0.5, 0.6) is 0 Å². The Balaban J connectivity index is 1.32. The molecule has 33 heavy (non-hydrogen) atoms. The number of hydrogen-bond acceptors (Lipinski definition) is 4. The summed E-state index contributed by atoms with van der Waals surface area (Å²) in [6.45, 7) is 2.64. The van der Waals surface area contributed by atoms with E-state index in [0.717, 1.165) is 31.2 Å². The fourth-order valence-corrected chi connectivity index (χ4v) is 4.82. The lowest BCUT2D eigenvalue weighted by Gasteiger charge is -2.36. The van der Waals surface area contributed by atoms with Crippen molar-refractivity contribution in [1.29, 1.82) is 0 Å². The predicted octanol–water partition coefficient (Wildman–Crippen LogP) is 3.77. The molecule has 1 saturated carbocycles. The van der Waals surface area contributed by atoms with E-state index in [1.807, 2.05) is 25.3 Å². The fraction of sp³-hybridized carbons (Fsp3) is 0.360. The molecule has 0 radical (unpaired) electrons. The molecule has 1 spiro atoms. The van der Waals surface area contributed by atoms with Crippen LogP contribution in [0.25, 0.3) is 11.1 Å². The quantitative estimate of drug-likeness (QED) is 0.646. The van der Waals surface area contributed by atoms with Gasteiger partial charge in [-0.05, 0) is 67.6 Å². The Bertz CT molecular complexity index is 1250. The highest BCUT2D eigenvalue weighted by Crippen LogP contribution is 2.49. The molecule has 1 aliphatic carbocycles. The van der Waals surface area contributed by atoms with E-state index in [0.29, 0.717) is 29.1 Å². The van der Waals surface area contributed by atoms with Gasteiger partial charge in [-0.15, -0.1) is 0 Å². The summed E-state index contributed by atoms with van der Waals surface area (Å²) in [7, 11) is 1.80. The van der Waals surface area contributed by atoms with Crippen molar-refractivity contribution >= 4 is 17.5 Å². The van der Waals surface area contributed by atoms with Crippen molar-refractivity contribution in [1.82, 2.24) is 20.1 Å². The Morgan fingerprint density at radius 3 is 2.64 bits per heavy atom. The molecule has 1 N–H and O–H groups in total. The first-order valence-corrected chi connectivity index (χ1v) is 11.2. The summed E-state index contributed by atoms with van der Waals surface area (Å²) >= 11 is 0. The third kappa shape index (κ3) is 4.01. The molecule has 2 aromatic heterocycles. The first-order valence-electron chi connectivity index (χ1n) is 11.2. The van der Waals surface area contributed by atoms with Crippen molar-refractivity contribution in [2.75, 3.05) is 11.4 Å². The summed E-state index contributed by atoms with van der Waals surface area (Å²) in [6, 6.07) is 8.19. The second kappa shape index (κ2) is 8.10. The van der Waals surface area contributed by atoms with Crippen molar-refractivity contribution in [3.63, 3.8) is 0 Å². The predicted molar refractivity (Wildman–Crippen MR) is 122 cm³/mol. The average molecular weight is 448 g/mol. The van der Waals surface area contributed by atoms with E-state index in [4.69, 9.17) is 0 Å². The van der Waals surface area contributed by atoms with Gasteiger partial charge >= 0.3 is 0 Å². The second-order valence-corrected chi connectivity index (χ2v) is 9.13. The number of carbonyl (C=O) groups excluding carboxylic acids is 2. The van der Waals surface area contributed by atoms with E-state index in [2.05, 4.69) is 15.4 Å². The van der Waals surface area contributed by atoms with Gasteiger partial charge in [-0.1, -0.05) is 6.42 Å². The zero-order valence-corrected chi connectivity index (χ0v) is 18.8. The summed E-state index contributed by atoms with van der Waals surface area (Å²) in [4.78, 5) is 32.0. The number of halogens is 1. The summed E-state index contributed by atoms with van der Waals surface area (Å²) < 4.78 is 15.8. The van der Waals surface area contributed by atoms with Gasteiger partial charge in [0.1, 0.15) is 11.5 Å². The van der Waals surface area contributed by atoms with Gasteiger partial charge in [-0.3, -0.25) is 14.3 Å². The summed E-state index contributed by atoms with van der Waals surface area (Å²) in [5.41, 5.74) is 3.57. The Hall–Kier alpha value is -3.55. The normalized spacial score (nSPS) is 16.8. The third-order valence-corrected chi connectivity index (χ3v) is 6.75. The average Bonchev–Trinajstić information content (AvgIpc) is 3.34. The van der Waals surface area contributed by atoms with E-state index < -0.39 is 0 Å². The molecule has 0 atom stereocenters. The number of pyridine rings is 1. The van der Waals surface area contributed by atoms with Gasteiger partial charge in [0.05, 0.1) is 11.6 Å². The smallest absolute Gasteiger partial charge is 0.270 e. The number of aromatic nitrogens is 3. The van der Waals surface area contributed by atoms with Crippen molar-refractivity contribution < 1.29 is 14.0 Å². The van der Waals surface area contributed by atoms with Gasteiger partial charge in [0.2, 0.25) is 5.91 Å². The van der Waals surface area contributed by atoms with Crippen molar-refractivity contribution in [3.05, 3.63) is 65.5 Å². The number of hydrogen-bond donors (Lipinski definition) is 1. The van der Waals surface area contributed by atoms with Crippen LogP contribution in [-0.4, -0.2) is 33.1 Å². The minimum absolute atomic E-state index is 0.153. The number of rotatable bonds is 5. The van der Waals surface area contributed by atoms with Gasteiger partial charge < -0.3 is 10.2 Å². The van der Waals surface area contributed by atoms with Crippen LogP contribution >= 0.6 is 0 Å². The number of nitrogens with one attached hydrogen (secondary N) is 1. The third-order valence-electron chi connectivity index (χ3n) is 6.75. The summed E-state index contributed by atoms with van der Waals surface area (Å²) in [5.74, 6) is -0.584. The molecule has 3 aromatic rings. The van der Waals surface area contributed by atoms with Crippen LogP contribution in [0.15, 0.2) is 42.7 Å². The fourth-order valence-electron chi connectivity index (χ4n) is 4.82. The number of benzene rings is 1. The molecule has 5 rings (SSSR count). The van der Waals surface area contributed by atoms with Crippen molar-refractivity contribution in [3.8, 4) is 11.1 Å². The van der Waals surface area contributed by atoms with E-state index in [1.165, 1.54) is 12.1 Å². The molecule has 0 bridgehead atoms. The molecular weight excluding hydrogens is 421 g/mol. The van der Waals surface area contributed by atoms with Crippen LogP contribution in [0.4, 0.5) is 10.1 Å². The van der Waals surface area contributed by atoms with E-state index in [-0.39, 0.29) is 35.3 Å². The summed E-state index contributed by atoms with van der Waals surface area (Å²) in [5, 5.41) is 6.96. The maximum atomic E-state index is 14.2. The minimum Gasteiger partial charge on any atom is -0.347 e. The van der Waals surface area contributed by atoms with Gasteiger partial charge in [0, 0.05) is 43.3 Å². The molecule has 2 aliphatic rings. The van der Waals surface area contributed by atoms with Gasteiger partial charge in [0.15, 0.2) is 0 Å². The molecule has 2 amide bonds. The number of carbonyl (C=O) groups is 2. The number of nitrogens with zero attached hydrogens (tertiary/aromatic N) is 4. The van der Waals surface area contributed by atoms with Crippen molar-refractivity contribution in [2.24, 2.45) is 12.5 Å². The lowest BCUT2D eigenvalue weighted by Crippen LogP contribution is -2.39. The monoisotopic (exact) mass is 447 g/mol. The lowest BCUT2D eigenvalue weighted by molar-refractivity contribution is -0.129. The second-order valence-electron chi connectivity index (χ2n) is 9.13. The zero-order chi connectivity index (χ0) is 23.2. The molecule has 170 valence electrons. The molecule has 1 aliphatic heterocycles. The molecule has 2 fully saturated rings. The highest BCUT2D eigenvalue weighted by Gasteiger charge is 2.50. The maximum Gasteiger partial charge on any atom is 0.270 e. The van der Waals surface area contributed by atoms with E-state index in [1.54, 1.807) is 28.9 Å². The lowest BCUT2D eigenvalue weighted by atomic mass is 9.68. The van der Waals surface area contributed by atoms with Crippen LogP contribution in [0, 0.1) is 18.2 Å². The standard InChI is InChI=1S/C25H26FN5O2/c1-16-8-21(31-7-6-25(24(31)33)4-3-5-25)12-22(29-16)23(32)27-13-17-9-18(11-20(26)10-17)19-14-28-30(2)15-19/h8-12,14-15H,3-7,13H2,1-2H3,(H,27,32). The summed E-state index contributed by atoms with van der Waals surface area (Å²) in [6.07, 6.45) is 7.35. The van der Waals surface area contributed by atoms with Gasteiger partial charge in [0.25, 0.3) is 5.91 Å². The van der Waals surface area contributed by atoms with Crippen LogP contribution in [0.1, 0.15) is 47.4 Å². The highest BCUT2D eigenvalue weighted by molar-refractivity contribution is 6.01. The van der Waals surface area contributed by atoms with Crippen LogP contribution in [-0.2, 0) is 18.4 Å².